The Morgan fingerprint density at radius 1 is 1.30 bits per heavy atom. The molecule has 0 aliphatic heterocycles. The Morgan fingerprint density at radius 3 is 2.70 bits per heavy atom. The van der Waals surface area contributed by atoms with Gasteiger partial charge in [-0.2, -0.15) is 13.2 Å². The number of benzene rings is 1. The van der Waals surface area contributed by atoms with Gasteiger partial charge in [0.1, 0.15) is 5.75 Å². The van der Waals surface area contributed by atoms with Crippen LogP contribution >= 0.6 is 0 Å². The molecule has 2 aliphatic carbocycles. The van der Waals surface area contributed by atoms with Crippen molar-refractivity contribution < 1.29 is 22.7 Å². The number of nitrogens with two attached hydrogens (primary N) is 1. The molecule has 4 atom stereocenters. The minimum Gasteiger partial charge on any atom is -0.484 e. The van der Waals surface area contributed by atoms with Gasteiger partial charge in [0.05, 0.1) is 5.92 Å². The van der Waals surface area contributed by atoms with Crippen LogP contribution in [0.25, 0.3) is 0 Å². The maximum atomic E-state index is 12.4. The average molecular weight is 328 g/mol. The molecule has 23 heavy (non-hydrogen) atoms. The molecular weight excluding hydrogens is 309 g/mol. The van der Waals surface area contributed by atoms with Crippen LogP contribution in [-0.4, -0.2) is 24.7 Å². The van der Waals surface area contributed by atoms with Crippen LogP contribution < -0.4 is 15.8 Å². The number of carbonyl (C=O) groups is 1. The third kappa shape index (κ3) is 3.60. The maximum absolute atomic E-state index is 12.4. The van der Waals surface area contributed by atoms with E-state index in [1.54, 1.807) is 12.1 Å². The summed E-state index contributed by atoms with van der Waals surface area (Å²) in [4.78, 5) is 12.4. The van der Waals surface area contributed by atoms with Crippen molar-refractivity contribution in [2.45, 2.75) is 31.5 Å². The number of hydrogen-bond donors (Lipinski definition) is 2. The Labute approximate surface area is 132 Å². The molecule has 2 bridgehead atoms. The molecule has 3 rings (SSSR count). The zero-order valence-corrected chi connectivity index (χ0v) is 12.5. The number of amides is 1. The number of hydrogen-bond acceptors (Lipinski definition) is 3. The predicted octanol–water partition coefficient (Wildman–Crippen LogP) is 2.94. The molecule has 4 nitrogen and oxygen atoms in total. The van der Waals surface area contributed by atoms with Crippen LogP contribution in [0.4, 0.5) is 18.9 Å². The first-order valence-electron chi connectivity index (χ1n) is 7.69. The number of ether oxygens (including phenoxy) is 1. The van der Waals surface area contributed by atoms with E-state index in [4.69, 9.17) is 5.73 Å². The highest BCUT2D eigenvalue weighted by Crippen LogP contribution is 2.47. The number of rotatable bonds is 4. The third-order valence-electron chi connectivity index (χ3n) is 4.79. The van der Waals surface area contributed by atoms with Gasteiger partial charge in [0.15, 0.2) is 6.61 Å². The van der Waals surface area contributed by atoms with Gasteiger partial charge in [-0.15, -0.1) is 0 Å². The molecule has 2 fully saturated rings. The quantitative estimate of drug-likeness (QED) is 0.893. The molecule has 0 saturated heterocycles. The number of anilines is 1. The van der Waals surface area contributed by atoms with Crippen LogP contribution in [0.1, 0.15) is 19.3 Å². The predicted molar refractivity (Wildman–Crippen MR) is 78.9 cm³/mol. The summed E-state index contributed by atoms with van der Waals surface area (Å²) in [6.45, 7) is -1.36. The number of alkyl halides is 3. The van der Waals surface area contributed by atoms with Crippen LogP contribution in [0.2, 0.25) is 0 Å². The molecule has 0 spiro atoms. The summed E-state index contributed by atoms with van der Waals surface area (Å²) < 4.78 is 41.2. The SMILES string of the molecule is NC1C2CCC(C2)C1C(=O)Nc1cccc(OCC(F)(F)F)c1. The van der Waals surface area contributed by atoms with E-state index < -0.39 is 12.8 Å². The van der Waals surface area contributed by atoms with Crippen molar-refractivity contribution in [1.29, 1.82) is 0 Å². The van der Waals surface area contributed by atoms with Gasteiger partial charge in [-0.05, 0) is 43.2 Å². The molecule has 1 aromatic carbocycles. The highest BCUT2D eigenvalue weighted by Gasteiger charge is 2.49. The molecule has 7 heteroatoms. The van der Waals surface area contributed by atoms with E-state index in [1.165, 1.54) is 12.1 Å². The van der Waals surface area contributed by atoms with Crippen molar-refractivity contribution in [1.82, 2.24) is 0 Å². The Hall–Kier alpha value is -1.76. The first-order valence-corrected chi connectivity index (χ1v) is 7.69. The van der Waals surface area contributed by atoms with Gasteiger partial charge in [0, 0.05) is 17.8 Å². The first-order chi connectivity index (χ1) is 10.8. The van der Waals surface area contributed by atoms with Crippen molar-refractivity contribution in [3.05, 3.63) is 24.3 Å². The molecule has 0 radical (unpaired) electrons. The number of nitrogens with one attached hydrogen (secondary N) is 1. The number of fused-ring (bicyclic) bond motifs is 2. The van der Waals surface area contributed by atoms with Gasteiger partial charge in [-0.1, -0.05) is 6.07 Å². The molecule has 126 valence electrons. The fraction of sp³-hybridized carbons (Fsp3) is 0.562. The lowest BCUT2D eigenvalue weighted by molar-refractivity contribution is -0.153. The van der Waals surface area contributed by atoms with Crippen LogP contribution in [0.5, 0.6) is 5.75 Å². The molecule has 0 heterocycles. The van der Waals surface area contributed by atoms with Crippen LogP contribution in [-0.2, 0) is 4.79 Å². The first kappa shape index (κ1) is 16.1. The summed E-state index contributed by atoms with van der Waals surface area (Å²) in [5, 5.41) is 2.76. The van der Waals surface area contributed by atoms with Crippen LogP contribution in [0, 0.1) is 17.8 Å². The molecule has 4 unspecified atom stereocenters. The minimum atomic E-state index is -4.39. The van der Waals surface area contributed by atoms with E-state index in [9.17, 15) is 18.0 Å². The zero-order chi connectivity index (χ0) is 16.6. The molecule has 3 N–H and O–H groups in total. The lowest BCUT2D eigenvalue weighted by Gasteiger charge is -2.27. The van der Waals surface area contributed by atoms with Gasteiger partial charge < -0.3 is 15.8 Å². The minimum absolute atomic E-state index is 0.0670. The molecule has 1 amide bonds. The van der Waals surface area contributed by atoms with E-state index in [1.807, 2.05) is 0 Å². The summed E-state index contributed by atoms with van der Waals surface area (Å²) >= 11 is 0. The largest absolute Gasteiger partial charge is 0.484 e. The van der Waals surface area contributed by atoms with E-state index in [2.05, 4.69) is 10.1 Å². The molecule has 0 aromatic heterocycles. The van der Waals surface area contributed by atoms with Crippen molar-refractivity contribution in [2.24, 2.45) is 23.5 Å². The van der Waals surface area contributed by atoms with Crippen molar-refractivity contribution >= 4 is 11.6 Å². The van der Waals surface area contributed by atoms with E-state index >= 15 is 0 Å². The van der Waals surface area contributed by atoms with E-state index in [-0.39, 0.29) is 23.6 Å². The fourth-order valence-corrected chi connectivity index (χ4v) is 3.78. The summed E-state index contributed by atoms with van der Waals surface area (Å²) in [6.07, 6.45) is -1.30. The maximum Gasteiger partial charge on any atom is 0.422 e. The van der Waals surface area contributed by atoms with Gasteiger partial charge in [0.2, 0.25) is 5.91 Å². The summed E-state index contributed by atoms with van der Waals surface area (Å²) in [5.41, 5.74) is 6.55. The molecule has 2 aliphatic rings. The Morgan fingerprint density at radius 2 is 2.04 bits per heavy atom. The second-order valence-corrected chi connectivity index (χ2v) is 6.36. The highest BCUT2D eigenvalue weighted by molar-refractivity contribution is 5.93. The zero-order valence-electron chi connectivity index (χ0n) is 12.5. The fourth-order valence-electron chi connectivity index (χ4n) is 3.78. The summed E-state index contributed by atoms with van der Waals surface area (Å²) in [5.74, 6) is 0.431. The summed E-state index contributed by atoms with van der Waals surface area (Å²) in [6, 6.07) is 5.85. The smallest absolute Gasteiger partial charge is 0.422 e. The van der Waals surface area contributed by atoms with Crippen LogP contribution in [0.3, 0.4) is 0 Å². The van der Waals surface area contributed by atoms with Gasteiger partial charge in [-0.25, -0.2) is 0 Å². The standard InChI is InChI=1S/C16H19F3N2O2/c17-16(18,19)8-23-12-3-1-2-11(7-12)21-15(22)13-9-4-5-10(6-9)14(13)20/h1-3,7,9-10,13-14H,4-6,8,20H2,(H,21,22). The number of carbonyl (C=O) groups excluding carboxylic acids is 1. The van der Waals surface area contributed by atoms with E-state index in [0.717, 1.165) is 19.3 Å². The van der Waals surface area contributed by atoms with Crippen molar-refractivity contribution in [2.75, 3.05) is 11.9 Å². The number of halogens is 3. The van der Waals surface area contributed by atoms with Crippen molar-refractivity contribution in [3.8, 4) is 5.75 Å². The Kier molecular flexibility index (Phi) is 4.23. The third-order valence-corrected chi connectivity index (χ3v) is 4.79. The lowest BCUT2D eigenvalue weighted by Crippen LogP contribution is -2.42. The molecule has 1 aromatic rings. The van der Waals surface area contributed by atoms with Gasteiger partial charge >= 0.3 is 6.18 Å². The van der Waals surface area contributed by atoms with Gasteiger partial charge in [0.25, 0.3) is 0 Å². The Bertz CT molecular complexity index is 589. The Balaban J connectivity index is 1.63. The lowest BCUT2D eigenvalue weighted by atomic mass is 9.84. The average Bonchev–Trinajstić information content (AvgIpc) is 3.05. The molecule has 2 saturated carbocycles. The normalized spacial score (nSPS) is 29.6. The van der Waals surface area contributed by atoms with Crippen LogP contribution in [0.15, 0.2) is 24.3 Å². The second kappa shape index (κ2) is 6.03. The summed E-state index contributed by atoms with van der Waals surface area (Å²) in [7, 11) is 0. The monoisotopic (exact) mass is 328 g/mol. The van der Waals surface area contributed by atoms with Crippen molar-refractivity contribution in [3.63, 3.8) is 0 Å². The highest BCUT2D eigenvalue weighted by atomic mass is 19.4. The topological polar surface area (TPSA) is 64.4 Å². The van der Waals surface area contributed by atoms with Gasteiger partial charge in [-0.3, -0.25) is 4.79 Å². The molecular formula is C16H19F3N2O2. The van der Waals surface area contributed by atoms with E-state index in [0.29, 0.717) is 17.5 Å². The second-order valence-electron chi connectivity index (χ2n) is 6.36.